The third kappa shape index (κ3) is 3.77. The molecule has 0 saturated carbocycles. The van der Waals surface area contributed by atoms with E-state index >= 15 is 0 Å². The number of halogens is 1. The van der Waals surface area contributed by atoms with Crippen molar-refractivity contribution < 1.29 is 19.4 Å². The van der Waals surface area contributed by atoms with Crippen LogP contribution in [0.25, 0.3) is 22.4 Å². The van der Waals surface area contributed by atoms with Gasteiger partial charge in [0.15, 0.2) is 0 Å². The third-order valence-electron chi connectivity index (χ3n) is 4.79. The lowest BCUT2D eigenvalue weighted by molar-refractivity contribution is 0.0600. The van der Waals surface area contributed by atoms with Crippen molar-refractivity contribution in [2.24, 2.45) is 0 Å². The minimum absolute atomic E-state index is 0.174. The van der Waals surface area contributed by atoms with Crippen molar-refractivity contribution >= 4 is 34.6 Å². The molecule has 0 unspecified atom stereocenters. The Morgan fingerprint density at radius 2 is 1.80 bits per heavy atom. The van der Waals surface area contributed by atoms with Gasteiger partial charge in [0.1, 0.15) is 5.82 Å². The first kappa shape index (κ1) is 19.7. The molecule has 1 N–H and O–H groups in total. The predicted molar refractivity (Wildman–Crippen MR) is 114 cm³/mol. The number of nitrogens with zero attached hydrogens (tertiary/aromatic N) is 2. The van der Waals surface area contributed by atoms with Crippen molar-refractivity contribution in [1.82, 2.24) is 9.55 Å². The average Bonchev–Trinajstić information content (AvgIpc) is 3.12. The maximum absolute atomic E-state index is 11.9. The van der Waals surface area contributed by atoms with E-state index in [9.17, 15) is 14.7 Å². The molecule has 1 aromatic heterocycles. The lowest BCUT2D eigenvalue weighted by Crippen LogP contribution is -2.04. The zero-order valence-electron chi connectivity index (χ0n) is 16.0. The van der Waals surface area contributed by atoms with Gasteiger partial charge in [0.05, 0.1) is 29.3 Å². The molecule has 1 heterocycles. The highest BCUT2D eigenvalue weighted by atomic mass is 35.5. The third-order valence-corrected chi connectivity index (χ3v) is 5.04. The van der Waals surface area contributed by atoms with Gasteiger partial charge in [-0.3, -0.25) is 0 Å². The molecule has 0 atom stereocenters. The minimum Gasteiger partial charge on any atom is -0.478 e. The van der Waals surface area contributed by atoms with Gasteiger partial charge in [0.25, 0.3) is 0 Å². The molecule has 30 heavy (non-hydrogen) atoms. The van der Waals surface area contributed by atoms with Gasteiger partial charge in [-0.1, -0.05) is 35.9 Å². The van der Waals surface area contributed by atoms with Crippen LogP contribution in [-0.2, 0) is 11.3 Å². The highest BCUT2D eigenvalue weighted by Crippen LogP contribution is 2.28. The summed E-state index contributed by atoms with van der Waals surface area (Å²) in [7, 11) is 1.33. The summed E-state index contributed by atoms with van der Waals surface area (Å²) in [6, 6.07) is 19.3. The molecule has 0 aliphatic heterocycles. The fraction of sp³-hybridized carbons (Fsp3) is 0.0870. The average molecular weight is 421 g/mol. The van der Waals surface area contributed by atoms with Gasteiger partial charge in [-0.05, 0) is 48.0 Å². The standard InChI is InChI=1S/C23H17ClN2O4/c1-30-23(29)17-7-10-20-19(12-17)25-21(15-3-2-4-16(11-15)22(27)28)26(20)13-14-5-8-18(24)9-6-14/h2-12H,13H2,1H3,(H,27,28). The Morgan fingerprint density at radius 1 is 1.03 bits per heavy atom. The molecule has 0 bridgehead atoms. The molecule has 0 fully saturated rings. The van der Waals surface area contributed by atoms with Crippen molar-refractivity contribution in [3.05, 3.63) is 88.4 Å². The van der Waals surface area contributed by atoms with Gasteiger partial charge in [-0.15, -0.1) is 0 Å². The maximum atomic E-state index is 11.9. The molecule has 0 aliphatic carbocycles. The fourth-order valence-corrected chi connectivity index (χ4v) is 3.44. The van der Waals surface area contributed by atoms with E-state index in [1.807, 2.05) is 41.0 Å². The Balaban J connectivity index is 1.90. The Bertz CT molecular complexity index is 1260. The molecule has 0 aliphatic rings. The molecule has 4 aromatic rings. The van der Waals surface area contributed by atoms with Gasteiger partial charge in [0.2, 0.25) is 0 Å². The number of aromatic carboxylic acids is 1. The number of aromatic nitrogens is 2. The van der Waals surface area contributed by atoms with E-state index in [0.717, 1.165) is 11.1 Å². The minimum atomic E-state index is -1.01. The lowest BCUT2D eigenvalue weighted by atomic mass is 10.1. The van der Waals surface area contributed by atoms with Crippen LogP contribution in [0.3, 0.4) is 0 Å². The monoisotopic (exact) mass is 420 g/mol. The molecular formula is C23H17ClN2O4. The van der Waals surface area contributed by atoms with Crippen LogP contribution in [0.15, 0.2) is 66.7 Å². The summed E-state index contributed by atoms with van der Waals surface area (Å²) in [4.78, 5) is 28.1. The molecule has 3 aromatic carbocycles. The normalized spacial score (nSPS) is 10.9. The lowest BCUT2D eigenvalue weighted by Gasteiger charge is -2.10. The first-order chi connectivity index (χ1) is 14.5. The Hall–Kier alpha value is -3.64. The second-order valence-electron chi connectivity index (χ2n) is 6.73. The summed E-state index contributed by atoms with van der Waals surface area (Å²) in [6.07, 6.45) is 0. The first-order valence-electron chi connectivity index (χ1n) is 9.13. The van der Waals surface area contributed by atoms with E-state index in [0.29, 0.717) is 34.0 Å². The Labute approximate surface area is 177 Å². The molecule has 7 heteroatoms. The quantitative estimate of drug-likeness (QED) is 0.465. The first-order valence-corrected chi connectivity index (χ1v) is 9.51. The molecule has 0 spiro atoms. The molecule has 0 amide bonds. The Morgan fingerprint density at radius 3 is 2.50 bits per heavy atom. The van der Waals surface area contributed by atoms with Gasteiger partial charge in [-0.25, -0.2) is 14.6 Å². The number of hydrogen-bond acceptors (Lipinski definition) is 4. The number of carboxylic acid groups (broad SMARTS) is 1. The number of rotatable bonds is 5. The van der Waals surface area contributed by atoms with Crippen LogP contribution in [0, 0.1) is 0 Å². The van der Waals surface area contributed by atoms with Crippen LogP contribution in [0.4, 0.5) is 0 Å². The molecule has 150 valence electrons. The molecule has 4 rings (SSSR count). The molecule has 0 saturated heterocycles. The number of methoxy groups -OCH3 is 1. The number of carbonyl (C=O) groups excluding carboxylic acids is 1. The molecule has 0 radical (unpaired) electrons. The van der Waals surface area contributed by atoms with Crippen molar-refractivity contribution in [3.8, 4) is 11.4 Å². The van der Waals surface area contributed by atoms with Gasteiger partial charge in [0, 0.05) is 17.1 Å². The largest absolute Gasteiger partial charge is 0.478 e. The number of imidazole rings is 1. The van der Waals surface area contributed by atoms with E-state index in [4.69, 9.17) is 21.3 Å². The number of ether oxygens (including phenoxy) is 1. The number of hydrogen-bond donors (Lipinski definition) is 1. The second-order valence-corrected chi connectivity index (χ2v) is 7.17. The zero-order chi connectivity index (χ0) is 21.3. The van der Waals surface area contributed by atoms with Crippen LogP contribution in [0.5, 0.6) is 0 Å². The summed E-state index contributed by atoms with van der Waals surface area (Å²) in [5.41, 5.74) is 3.67. The Kier molecular flexibility index (Phi) is 5.25. The van der Waals surface area contributed by atoms with Crippen LogP contribution >= 0.6 is 11.6 Å². The van der Waals surface area contributed by atoms with Gasteiger partial charge < -0.3 is 14.4 Å². The number of carbonyl (C=O) groups is 2. The van der Waals surface area contributed by atoms with Crippen molar-refractivity contribution in [3.63, 3.8) is 0 Å². The number of esters is 1. The highest BCUT2D eigenvalue weighted by molar-refractivity contribution is 6.30. The van der Waals surface area contributed by atoms with Crippen LogP contribution in [0.1, 0.15) is 26.3 Å². The summed E-state index contributed by atoms with van der Waals surface area (Å²) < 4.78 is 6.79. The highest BCUT2D eigenvalue weighted by Gasteiger charge is 2.17. The van der Waals surface area contributed by atoms with Gasteiger partial charge >= 0.3 is 11.9 Å². The van der Waals surface area contributed by atoms with E-state index < -0.39 is 11.9 Å². The van der Waals surface area contributed by atoms with Crippen molar-refractivity contribution in [2.75, 3.05) is 7.11 Å². The number of fused-ring (bicyclic) bond motifs is 1. The topological polar surface area (TPSA) is 81.4 Å². The van der Waals surface area contributed by atoms with Crippen molar-refractivity contribution in [2.45, 2.75) is 6.54 Å². The van der Waals surface area contributed by atoms with E-state index in [1.54, 1.807) is 24.3 Å². The smallest absolute Gasteiger partial charge is 0.337 e. The SMILES string of the molecule is COC(=O)c1ccc2c(c1)nc(-c1cccc(C(=O)O)c1)n2Cc1ccc(Cl)cc1. The van der Waals surface area contributed by atoms with Crippen LogP contribution < -0.4 is 0 Å². The molecule has 6 nitrogen and oxygen atoms in total. The fourth-order valence-electron chi connectivity index (χ4n) is 3.32. The summed E-state index contributed by atoms with van der Waals surface area (Å²) in [5, 5.41) is 10.0. The maximum Gasteiger partial charge on any atom is 0.337 e. The zero-order valence-corrected chi connectivity index (χ0v) is 16.8. The van der Waals surface area contributed by atoms with E-state index in [1.165, 1.54) is 13.2 Å². The van der Waals surface area contributed by atoms with E-state index in [2.05, 4.69) is 0 Å². The summed E-state index contributed by atoms with van der Waals surface area (Å²) in [5.74, 6) is -0.853. The number of carboxylic acids is 1. The predicted octanol–water partition coefficient (Wildman–Crippen LogP) is 4.89. The van der Waals surface area contributed by atoms with E-state index in [-0.39, 0.29) is 5.56 Å². The summed E-state index contributed by atoms with van der Waals surface area (Å²) in [6.45, 7) is 0.498. The molecular weight excluding hydrogens is 404 g/mol. The second kappa shape index (κ2) is 8.00. The van der Waals surface area contributed by atoms with Crippen LogP contribution in [-0.4, -0.2) is 33.7 Å². The van der Waals surface area contributed by atoms with Crippen molar-refractivity contribution in [1.29, 1.82) is 0 Å². The van der Waals surface area contributed by atoms with Gasteiger partial charge in [-0.2, -0.15) is 0 Å². The van der Waals surface area contributed by atoms with Crippen LogP contribution in [0.2, 0.25) is 5.02 Å². The number of benzene rings is 3. The summed E-state index contributed by atoms with van der Waals surface area (Å²) >= 11 is 6.01.